The summed E-state index contributed by atoms with van der Waals surface area (Å²) in [4.78, 5) is 27.0. The highest BCUT2D eigenvalue weighted by Gasteiger charge is 2.21. The molecule has 1 aliphatic heterocycles. The van der Waals surface area contributed by atoms with E-state index in [1.54, 1.807) is 42.5 Å². The summed E-state index contributed by atoms with van der Waals surface area (Å²) >= 11 is 5.26. The van der Waals surface area contributed by atoms with Crippen molar-refractivity contribution < 1.29 is 14.3 Å². The minimum absolute atomic E-state index is 0.0230. The lowest BCUT2D eigenvalue weighted by atomic mass is 9.98. The molecule has 1 heterocycles. The van der Waals surface area contributed by atoms with Gasteiger partial charge in [0.05, 0.1) is 6.61 Å². The number of rotatable bonds is 5. The summed E-state index contributed by atoms with van der Waals surface area (Å²) in [5.74, 6) is 1.08. The maximum Gasteiger partial charge on any atom is 0.257 e. The third-order valence-corrected chi connectivity index (χ3v) is 5.30. The van der Waals surface area contributed by atoms with Crippen LogP contribution in [0.2, 0.25) is 0 Å². The number of likely N-dealkylation sites (tertiary alicyclic amines) is 1. The zero-order chi connectivity index (χ0) is 21.5. The molecule has 3 rings (SSSR count). The minimum Gasteiger partial charge on any atom is -0.494 e. The number of thiocarbonyl (C=S) groups is 1. The number of carbonyl (C=O) groups is 2. The highest BCUT2D eigenvalue weighted by molar-refractivity contribution is 7.80. The van der Waals surface area contributed by atoms with Crippen LogP contribution in [0.5, 0.6) is 5.75 Å². The van der Waals surface area contributed by atoms with Gasteiger partial charge >= 0.3 is 0 Å². The lowest BCUT2D eigenvalue weighted by Crippen LogP contribution is -2.38. The Morgan fingerprint density at radius 3 is 2.47 bits per heavy atom. The number of hydrogen-bond donors (Lipinski definition) is 2. The van der Waals surface area contributed by atoms with Crippen LogP contribution in [0, 0.1) is 5.92 Å². The van der Waals surface area contributed by atoms with E-state index in [0.29, 0.717) is 35.1 Å². The zero-order valence-electron chi connectivity index (χ0n) is 17.3. The number of amides is 2. The Morgan fingerprint density at radius 2 is 1.80 bits per heavy atom. The van der Waals surface area contributed by atoms with Crippen molar-refractivity contribution in [1.29, 1.82) is 0 Å². The van der Waals surface area contributed by atoms with Gasteiger partial charge in [-0.1, -0.05) is 13.0 Å². The van der Waals surface area contributed by atoms with Gasteiger partial charge in [-0.05, 0) is 80.4 Å². The second-order valence-electron chi connectivity index (χ2n) is 7.42. The van der Waals surface area contributed by atoms with Gasteiger partial charge in [0.2, 0.25) is 0 Å². The van der Waals surface area contributed by atoms with Crippen LogP contribution in [-0.2, 0) is 0 Å². The van der Waals surface area contributed by atoms with Gasteiger partial charge < -0.3 is 15.0 Å². The molecule has 0 aromatic heterocycles. The van der Waals surface area contributed by atoms with Crippen LogP contribution < -0.4 is 15.4 Å². The number of carbonyl (C=O) groups excluding carboxylic acids is 2. The topological polar surface area (TPSA) is 70.7 Å². The molecule has 0 atom stereocenters. The van der Waals surface area contributed by atoms with Crippen LogP contribution in [0.15, 0.2) is 48.5 Å². The second kappa shape index (κ2) is 10.2. The molecule has 0 radical (unpaired) electrons. The van der Waals surface area contributed by atoms with Crippen molar-refractivity contribution in [2.75, 3.05) is 25.0 Å². The molecule has 1 fully saturated rings. The third-order valence-electron chi connectivity index (χ3n) is 5.09. The number of benzene rings is 2. The monoisotopic (exact) mass is 425 g/mol. The fourth-order valence-corrected chi connectivity index (χ4v) is 3.54. The number of hydrogen-bond acceptors (Lipinski definition) is 4. The second-order valence-corrected chi connectivity index (χ2v) is 7.83. The lowest BCUT2D eigenvalue weighted by molar-refractivity contribution is 0.0697. The molecule has 158 valence electrons. The number of nitrogens with zero attached hydrogens (tertiary/aromatic N) is 1. The summed E-state index contributed by atoms with van der Waals surface area (Å²) in [6, 6.07) is 14.0. The smallest absolute Gasteiger partial charge is 0.257 e. The van der Waals surface area contributed by atoms with Crippen molar-refractivity contribution >= 4 is 34.8 Å². The molecule has 0 unspecified atom stereocenters. The van der Waals surface area contributed by atoms with Gasteiger partial charge in [-0.15, -0.1) is 0 Å². The van der Waals surface area contributed by atoms with Gasteiger partial charge in [0.25, 0.3) is 11.8 Å². The molecular weight excluding hydrogens is 398 g/mol. The standard InChI is InChI=1S/C23H27N3O3S/c1-3-29-20-9-7-17(8-10-20)21(27)25-23(30)24-19-6-4-5-18(15-19)22(28)26-13-11-16(2)12-14-26/h4-10,15-16H,3,11-14H2,1-2H3,(H2,24,25,27,30). The first kappa shape index (κ1) is 21.8. The van der Waals surface area contributed by atoms with Gasteiger partial charge in [-0.2, -0.15) is 0 Å². The Bertz CT molecular complexity index is 906. The summed E-state index contributed by atoms with van der Waals surface area (Å²) in [5, 5.41) is 5.81. The molecule has 0 spiro atoms. The molecule has 2 amide bonds. The number of anilines is 1. The molecule has 7 heteroatoms. The van der Waals surface area contributed by atoms with E-state index in [2.05, 4.69) is 17.6 Å². The molecule has 6 nitrogen and oxygen atoms in total. The van der Waals surface area contributed by atoms with E-state index in [9.17, 15) is 9.59 Å². The summed E-state index contributed by atoms with van der Waals surface area (Å²) in [7, 11) is 0. The maximum absolute atomic E-state index is 12.8. The van der Waals surface area contributed by atoms with E-state index < -0.39 is 0 Å². The highest BCUT2D eigenvalue weighted by atomic mass is 32.1. The van der Waals surface area contributed by atoms with E-state index in [4.69, 9.17) is 17.0 Å². The van der Waals surface area contributed by atoms with Crippen LogP contribution in [-0.4, -0.2) is 41.5 Å². The Morgan fingerprint density at radius 1 is 1.10 bits per heavy atom. The van der Waals surface area contributed by atoms with Crippen molar-refractivity contribution in [3.8, 4) is 5.75 Å². The average molecular weight is 426 g/mol. The van der Waals surface area contributed by atoms with Gasteiger partial charge in [-0.25, -0.2) is 0 Å². The molecule has 2 aromatic carbocycles. The van der Waals surface area contributed by atoms with E-state index in [1.165, 1.54) is 0 Å². The van der Waals surface area contributed by atoms with Gasteiger partial charge in [0.15, 0.2) is 5.11 Å². The zero-order valence-corrected chi connectivity index (χ0v) is 18.1. The Hall–Kier alpha value is -2.93. The maximum atomic E-state index is 12.8. The van der Waals surface area contributed by atoms with Gasteiger partial charge in [0, 0.05) is 29.9 Å². The highest BCUT2D eigenvalue weighted by Crippen LogP contribution is 2.20. The van der Waals surface area contributed by atoms with Crippen LogP contribution in [0.1, 0.15) is 47.4 Å². The fraction of sp³-hybridized carbons (Fsp3) is 0.348. The van der Waals surface area contributed by atoms with Crippen molar-refractivity contribution in [3.05, 3.63) is 59.7 Å². The predicted molar refractivity (Wildman–Crippen MR) is 122 cm³/mol. The summed E-state index contributed by atoms with van der Waals surface area (Å²) < 4.78 is 5.38. The Balaban J connectivity index is 1.58. The normalized spacial score (nSPS) is 14.1. The van der Waals surface area contributed by atoms with E-state index >= 15 is 0 Å². The first-order valence-corrected chi connectivity index (χ1v) is 10.6. The molecule has 1 aliphatic rings. The number of nitrogens with one attached hydrogen (secondary N) is 2. The van der Waals surface area contributed by atoms with E-state index in [1.807, 2.05) is 17.9 Å². The molecule has 30 heavy (non-hydrogen) atoms. The summed E-state index contributed by atoms with van der Waals surface area (Å²) in [6.07, 6.45) is 2.07. The molecule has 0 bridgehead atoms. The molecular formula is C23H27N3O3S. The molecule has 0 aliphatic carbocycles. The van der Waals surface area contributed by atoms with Gasteiger partial charge in [-0.3, -0.25) is 14.9 Å². The SMILES string of the molecule is CCOc1ccc(C(=O)NC(=S)Nc2cccc(C(=O)N3CCC(C)CC3)c2)cc1. The van der Waals surface area contributed by atoms with Crippen molar-refractivity contribution in [3.63, 3.8) is 0 Å². The number of piperidine rings is 1. The van der Waals surface area contributed by atoms with Crippen molar-refractivity contribution in [2.45, 2.75) is 26.7 Å². The first-order valence-electron chi connectivity index (χ1n) is 10.2. The van der Waals surface area contributed by atoms with Crippen LogP contribution in [0.3, 0.4) is 0 Å². The average Bonchev–Trinajstić information content (AvgIpc) is 2.74. The van der Waals surface area contributed by atoms with Crippen LogP contribution >= 0.6 is 12.2 Å². The molecule has 2 N–H and O–H groups in total. The van der Waals surface area contributed by atoms with Gasteiger partial charge in [0.1, 0.15) is 5.75 Å². The summed E-state index contributed by atoms with van der Waals surface area (Å²) in [6.45, 7) is 6.26. The predicted octanol–water partition coefficient (Wildman–Crippen LogP) is 4.08. The van der Waals surface area contributed by atoms with Crippen molar-refractivity contribution in [2.24, 2.45) is 5.92 Å². The number of ether oxygens (including phenoxy) is 1. The quantitative estimate of drug-likeness (QED) is 0.707. The third kappa shape index (κ3) is 5.79. The minimum atomic E-state index is -0.315. The van der Waals surface area contributed by atoms with Crippen LogP contribution in [0.4, 0.5) is 5.69 Å². The van der Waals surface area contributed by atoms with E-state index in [-0.39, 0.29) is 16.9 Å². The lowest BCUT2D eigenvalue weighted by Gasteiger charge is -2.30. The molecule has 2 aromatic rings. The first-order chi connectivity index (χ1) is 14.5. The Labute approximate surface area is 182 Å². The van der Waals surface area contributed by atoms with Crippen LogP contribution in [0.25, 0.3) is 0 Å². The Kier molecular flexibility index (Phi) is 7.41. The molecule has 1 saturated heterocycles. The molecule has 0 saturated carbocycles. The van der Waals surface area contributed by atoms with E-state index in [0.717, 1.165) is 25.9 Å². The fourth-order valence-electron chi connectivity index (χ4n) is 3.33. The largest absolute Gasteiger partial charge is 0.494 e. The summed E-state index contributed by atoms with van der Waals surface area (Å²) in [5.41, 5.74) is 1.74. The van der Waals surface area contributed by atoms with Crippen molar-refractivity contribution in [1.82, 2.24) is 10.2 Å².